The molecule has 0 saturated heterocycles. The Morgan fingerprint density at radius 3 is 2.44 bits per heavy atom. The zero-order valence-electron chi connectivity index (χ0n) is 17.1. The van der Waals surface area contributed by atoms with E-state index in [1.54, 1.807) is 0 Å². The molecule has 0 spiro atoms. The Bertz CT molecular complexity index is 901. The number of rotatable bonds is 8. The van der Waals surface area contributed by atoms with E-state index in [-0.39, 0.29) is 0 Å². The summed E-state index contributed by atoms with van der Waals surface area (Å²) >= 11 is 0. The zero-order valence-corrected chi connectivity index (χ0v) is 17.1. The van der Waals surface area contributed by atoms with E-state index in [1.807, 2.05) is 13.0 Å². The zero-order chi connectivity index (χ0) is 19.2. The fraction of sp³-hybridized carbons (Fsp3) is 0.417. The summed E-state index contributed by atoms with van der Waals surface area (Å²) in [6.45, 7) is 9.55. The summed E-state index contributed by atoms with van der Waals surface area (Å²) in [5.41, 5.74) is 5.18. The molecule has 0 aliphatic carbocycles. The molecule has 0 saturated carbocycles. The van der Waals surface area contributed by atoms with Crippen molar-refractivity contribution >= 4 is 22.4 Å². The second kappa shape index (κ2) is 8.98. The lowest BCUT2D eigenvalue weighted by molar-refractivity contribution is 0.713. The van der Waals surface area contributed by atoms with Crippen LogP contribution in [0.5, 0.6) is 0 Å². The van der Waals surface area contributed by atoms with Gasteiger partial charge in [-0.2, -0.15) is 0 Å². The van der Waals surface area contributed by atoms with Crippen molar-refractivity contribution in [3.63, 3.8) is 0 Å². The Hall–Kier alpha value is -2.42. The van der Waals surface area contributed by atoms with Gasteiger partial charge in [-0.3, -0.25) is 0 Å². The molecule has 0 amide bonds. The number of nitrogens with zero attached hydrogens (tertiary/aromatic N) is 3. The van der Waals surface area contributed by atoms with Gasteiger partial charge in [0.25, 0.3) is 0 Å². The monoisotopic (exact) mass is 361 g/mol. The van der Waals surface area contributed by atoms with Gasteiger partial charge in [-0.15, -0.1) is 0 Å². The van der Waals surface area contributed by atoms with Gasteiger partial charge < -0.3 is 4.90 Å². The second-order valence-electron chi connectivity index (χ2n) is 7.12. The highest BCUT2D eigenvalue weighted by molar-refractivity contribution is 5.91. The molecule has 0 atom stereocenters. The molecule has 0 N–H and O–H groups in total. The lowest BCUT2D eigenvalue weighted by Gasteiger charge is -2.25. The van der Waals surface area contributed by atoms with E-state index in [0.29, 0.717) is 0 Å². The molecule has 3 heteroatoms. The van der Waals surface area contributed by atoms with Crippen molar-refractivity contribution in [2.75, 3.05) is 11.4 Å². The van der Waals surface area contributed by atoms with Crippen LogP contribution in [0.1, 0.15) is 57.0 Å². The van der Waals surface area contributed by atoms with Crippen LogP contribution in [0.2, 0.25) is 0 Å². The van der Waals surface area contributed by atoms with E-state index in [2.05, 4.69) is 67.1 Å². The molecular weight excluding hydrogens is 330 g/mol. The lowest BCUT2D eigenvalue weighted by atomic mass is 9.98. The average molecular weight is 362 g/mol. The maximum Gasteiger partial charge on any atom is 0.144 e. The molecule has 3 aromatic rings. The smallest absolute Gasteiger partial charge is 0.144 e. The topological polar surface area (TPSA) is 29.0 Å². The molecule has 0 unspecified atom stereocenters. The van der Waals surface area contributed by atoms with Crippen molar-refractivity contribution in [2.45, 2.75) is 59.8 Å². The summed E-state index contributed by atoms with van der Waals surface area (Å²) in [6.07, 6.45) is 6.05. The van der Waals surface area contributed by atoms with Crippen molar-refractivity contribution in [3.8, 4) is 0 Å². The molecule has 0 radical (unpaired) electrons. The summed E-state index contributed by atoms with van der Waals surface area (Å²) in [4.78, 5) is 11.7. The van der Waals surface area contributed by atoms with Gasteiger partial charge in [-0.05, 0) is 68.5 Å². The highest BCUT2D eigenvalue weighted by Gasteiger charge is 2.15. The number of aryl methyl sites for hydroxylation is 3. The first-order valence-corrected chi connectivity index (χ1v) is 10.3. The Balaban J connectivity index is 2.05. The number of fused-ring (bicyclic) bond motifs is 1. The van der Waals surface area contributed by atoms with Crippen molar-refractivity contribution in [1.82, 2.24) is 9.97 Å². The third kappa shape index (κ3) is 4.29. The molecule has 142 valence electrons. The molecule has 3 rings (SSSR count). The number of hydrogen-bond donors (Lipinski definition) is 0. The minimum absolute atomic E-state index is 0.815. The van der Waals surface area contributed by atoms with E-state index in [4.69, 9.17) is 4.98 Å². The number of aromatic nitrogens is 2. The Labute approximate surface area is 163 Å². The number of hydrogen-bond acceptors (Lipinski definition) is 3. The predicted molar refractivity (Wildman–Crippen MR) is 116 cm³/mol. The molecule has 0 aliphatic heterocycles. The van der Waals surface area contributed by atoms with E-state index in [0.717, 1.165) is 41.9 Å². The predicted octanol–water partition coefficient (Wildman–Crippen LogP) is 6.39. The van der Waals surface area contributed by atoms with Crippen molar-refractivity contribution in [1.29, 1.82) is 0 Å². The van der Waals surface area contributed by atoms with Crippen LogP contribution in [0.25, 0.3) is 10.9 Å². The van der Waals surface area contributed by atoms with Gasteiger partial charge in [-0.1, -0.05) is 44.9 Å². The SMILES string of the molecule is CCCCCc1cc(N(CC)c2nc(C)nc3ccccc23)ccc1CC. The van der Waals surface area contributed by atoms with Gasteiger partial charge in [0.1, 0.15) is 11.6 Å². The van der Waals surface area contributed by atoms with E-state index in [1.165, 1.54) is 36.1 Å². The number of anilines is 2. The molecule has 3 nitrogen and oxygen atoms in total. The molecule has 0 fully saturated rings. The second-order valence-corrected chi connectivity index (χ2v) is 7.12. The van der Waals surface area contributed by atoms with Gasteiger partial charge in [0.05, 0.1) is 5.52 Å². The molecule has 1 heterocycles. The number of unbranched alkanes of at least 4 members (excludes halogenated alkanes) is 2. The van der Waals surface area contributed by atoms with Crippen LogP contribution in [0.3, 0.4) is 0 Å². The van der Waals surface area contributed by atoms with Crippen LogP contribution in [0.15, 0.2) is 42.5 Å². The van der Waals surface area contributed by atoms with Gasteiger partial charge in [0.2, 0.25) is 0 Å². The van der Waals surface area contributed by atoms with Crippen LogP contribution in [0, 0.1) is 6.92 Å². The van der Waals surface area contributed by atoms with Gasteiger partial charge >= 0.3 is 0 Å². The Morgan fingerprint density at radius 2 is 1.70 bits per heavy atom. The Kier molecular flexibility index (Phi) is 6.44. The standard InChI is InChI=1S/C24H31N3/c1-5-8-9-12-20-17-21(16-15-19(20)6-2)27(7-3)24-22-13-10-11-14-23(22)25-18(4)26-24/h10-11,13-17H,5-9,12H2,1-4H3. The van der Waals surface area contributed by atoms with Crippen LogP contribution in [-0.2, 0) is 12.8 Å². The van der Waals surface area contributed by atoms with Gasteiger partial charge in [0.15, 0.2) is 0 Å². The van der Waals surface area contributed by atoms with Crippen LogP contribution < -0.4 is 4.90 Å². The third-order valence-electron chi connectivity index (χ3n) is 5.20. The fourth-order valence-corrected chi connectivity index (χ4v) is 3.76. The molecule has 2 aromatic carbocycles. The summed E-state index contributed by atoms with van der Waals surface area (Å²) in [5, 5.41) is 1.11. The molecule has 0 aliphatic rings. The normalized spacial score (nSPS) is 11.1. The van der Waals surface area contributed by atoms with Gasteiger partial charge in [-0.25, -0.2) is 9.97 Å². The first-order valence-electron chi connectivity index (χ1n) is 10.3. The number of para-hydroxylation sites is 1. The van der Waals surface area contributed by atoms with Crippen LogP contribution in [-0.4, -0.2) is 16.5 Å². The number of benzene rings is 2. The molecular formula is C24H31N3. The minimum Gasteiger partial charge on any atom is -0.326 e. The van der Waals surface area contributed by atoms with E-state index in [9.17, 15) is 0 Å². The van der Waals surface area contributed by atoms with Crippen molar-refractivity contribution in [3.05, 3.63) is 59.4 Å². The Morgan fingerprint density at radius 1 is 0.889 bits per heavy atom. The quantitative estimate of drug-likeness (QED) is 0.435. The van der Waals surface area contributed by atoms with E-state index >= 15 is 0 Å². The summed E-state index contributed by atoms with van der Waals surface area (Å²) in [7, 11) is 0. The first kappa shape index (κ1) is 19.3. The highest BCUT2D eigenvalue weighted by atomic mass is 15.2. The largest absolute Gasteiger partial charge is 0.326 e. The third-order valence-corrected chi connectivity index (χ3v) is 5.20. The summed E-state index contributed by atoms with van der Waals surface area (Å²) in [6, 6.07) is 15.2. The first-order chi connectivity index (χ1) is 13.2. The van der Waals surface area contributed by atoms with E-state index < -0.39 is 0 Å². The van der Waals surface area contributed by atoms with Crippen LogP contribution in [0.4, 0.5) is 11.5 Å². The van der Waals surface area contributed by atoms with Gasteiger partial charge in [0, 0.05) is 17.6 Å². The van der Waals surface area contributed by atoms with Crippen molar-refractivity contribution in [2.24, 2.45) is 0 Å². The molecule has 1 aromatic heterocycles. The van der Waals surface area contributed by atoms with Crippen molar-refractivity contribution < 1.29 is 0 Å². The average Bonchev–Trinajstić information content (AvgIpc) is 2.69. The summed E-state index contributed by atoms with van der Waals surface area (Å²) < 4.78 is 0. The molecule has 0 bridgehead atoms. The fourth-order valence-electron chi connectivity index (χ4n) is 3.76. The highest BCUT2D eigenvalue weighted by Crippen LogP contribution is 2.31. The minimum atomic E-state index is 0.815. The molecule has 27 heavy (non-hydrogen) atoms. The van der Waals surface area contributed by atoms with Crippen LogP contribution >= 0.6 is 0 Å². The summed E-state index contributed by atoms with van der Waals surface area (Å²) in [5.74, 6) is 1.82. The maximum absolute atomic E-state index is 4.81. The lowest BCUT2D eigenvalue weighted by Crippen LogP contribution is -2.19. The maximum atomic E-state index is 4.81.